The second kappa shape index (κ2) is 8.10. The molecule has 136 valence electrons. The van der Waals surface area contributed by atoms with Gasteiger partial charge in [-0.2, -0.15) is 4.98 Å². The van der Waals surface area contributed by atoms with E-state index in [9.17, 15) is 5.11 Å². The molecule has 2 aromatic carbocycles. The summed E-state index contributed by atoms with van der Waals surface area (Å²) < 4.78 is 5.45. The number of pyridine rings is 1. The molecule has 0 spiro atoms. The van der Waals surface area contributed by atoms with Gasteiger partial charge in [-0.1, -0.05) is 47.6 Å². The molecular weight excluding hydrogens is 338 g/mol. The Labute approximate surface area is 157 Å². The van der Waals surface area contributed by atoms with Crippen molar-refractivity contribution in [3.05, 3.63) is 77.8 Å². The quantitative estimate of drug-likeness (QED) is 0.497. The lowest BCUT2D eigenvalue weighted by molar-refractivity contribution is 0.283. The lowest BCUT2D eigenvalue weighted by Crippen LogP contribution is -1.93. The molecule has 5 nitrogen and oxygen atoms in total. The molecule has 0 atom stereocenters. The van der Waals surface area contributed by atoms with Crippen molar-refractivity contribution in [2.24, 2.45) is 0 Å². The highest BCUT2D eigenvalue weighted by atomic mass is 16.5. The van der Waals surface area contributed by atoms with Crippen LogP contribution in [0.25, 0.3) is 22.3 Å². The van der Waals surface area contributed by atoms with Crippen molar-refractivity contribution in [3.8, 4) is 11.4 Å². The van der Waals surface area contributed by atoms with Crippen LogP contribution in [0.3, 0.4) is 0 Å². The first kappa shape index (κ1) is 17.4. The zero-order valence-corrected chi connectivity index (χ0v) is 15.0. The van der Waals surface area contributed by atoms with Crippen LogP contribution in [0.15, 0.2) is 65.3 Å². The van der Waals surface area contributed by atoms with Crippen molar-refractivity contribution in [1.29, 1.82) is 0 Å². The van der Waals surface area contributed by atoms with Gasteiger partial charge in [0.25, 0.3) is 0 Å². The van der Waals surface area contributed by atoms with Gasteiger partial charge in [0.05, 0.1) is 12.1 Å². The molecule has 1 N–H and O–H groups in total. The monoisotopic (exact) mass is 359 g/mol. The number of nitrogens with zero attached hydrogens (tertiary/aromatic N) is 3. The smallest absolute Gasteiger partial charge is 0.226 e. The predicted octanol–water partition coefficient (Wildman–Crippen LogP) is 4.34. The van der Waals surface area contributed by atoms with E-state index in [1.165, 1.54) is 5.56 Å². The predicted molar refractivity (Wildman–Crippen MR) is 104 cm³/mol. The highest BCUT2D eigenvalue weighted by molar-refractivity contribution is 5.94. The summed E-state index contributed by atoms with van der Waals surface area (Å²) in [7, 11) is 0. The minimum atomic E-state index is -0.0489. The van der Waals surface area contributed by atoms with Crippen LogP contribution in [0.1, 0.15) is 29.9 Å². The molecule has 2 heterocycles. The van der Waals surface area contributed by atoms with E-state index in [0.717, 1.165) is 47.7 Å². The minimum Gasteiger partial charge on any atom is -0.392 e. The summed E-state index contributed by atoms with van der Waals surface area (Å²) in [5.41, 5.74) is 3.78. The van der Waals surface area contributed by atoms with Gasteiger partial charge in [0.2, 0.25) is 11.7 Å². The molecule has 0 fully saturated rings. The third-order valence-electron chi connectivity index (χ3n) is 4.68. The molecule has 4 rings (SSSR count). The van der Waals surface area contributed by atoms with Gasteiger partial charge in [0, 0.05) is 29.1 Å². The highest BCUT2D eigenvalue weighted by Gasteiger charge is 2.13. The van der Waals surface area contributed by atoms with Crippen molar-refractivity contribution in [2.75, 3.05) is 0 Å². The van der Waals surface area contributed by atoms with E-state index in [1.54, 1.807) is 6.20 Å². The Hall–Kier alpha value is -3.05. The third kappa shape index (κ3) is 3.88. The fraction of sp³-hybridized carbons (Fsp3) is 0.227. The third-order valence-corrected chi connectivity index (χ3v) is 4.68. The summed E-state index contributed by atoms with van der Waals surface area (Å²) in [5, 5.41) is 14.6. The molecular formula is C22H21N3O2. The maximum Gasteiger partial charge on any atom is 0.226 e. The lowest BCUT2D eigenvalue weighted by atomic mass is 10.0. The topological polar surface area (TPSA) is 72.0 Å². The van der Waals surface area contributed by atoms with E-state index < -0.39 is 0 Å². The van der Waals surface area contributed by atoms with Crippen molar-refractivity contribution >= 4 is 10.9 Å². The largest absolute Gasteiger partial charge is 0.392 e. The summed E-state index contributed by atoms with van der Waals surface area (Å²) in [6, 6.07) is 18.1. The summed E-state index contributed by atoms with van der Waals surface area (Å²) in [6.07, 6.45) is 5.63. The van der Waals surface area contributed by atoms with E-state index in [1.807, 2.05) is 30.3 Å². The highest BCUT2D eigenvalue weighted by Crippen LogP contribution is 2.28. The van der Waals surface area contributed by atoms with Crippen LogP contribution in [0.2, 0.25) is 0 Å². The zero-order chi connectivity index (χ0) is 18.5. The first-order chi connectivity index (χ1) is 13.3. The summed E-state index contributed by atoms with van der Waals surface area (Å²) in [6.45, 7) is -0.0489. The molecule has 0 aliphatic carbocycles. The SMILES string of the molecule is OCc1ccc(-c2noc(CCCCc3ccccc3)n2)c2cccnc12. The van der Waals surface area contributed by atoms with Crippen molar-refractivity contribution in [2.45, 2.75) is 32.3 Å². The normalized spacial score (nSPS) is 11.1. The van der Waals surface area contributed by atoms with Gasteiger partial charge in [-0.15, -0.1) is 0 Å². The van der Waals surface area contributed by atoms with Crippen molar-refractivity contribution < 1.29 is 9.63 Å². The number of rotatable bonds is 7. The van der Waals surface area contributed by atoms with Crippen LogP contribution in [-0.2, 0) is 19.4 Å². The number of aliphatic hydroxyl groups excluding tert-OH is 1. The standard InChI is InChI=1S/C22H21N3O2/c26-15-17-12-13-19(18-10-6-14-23-21(17)18)22-24-20(27-25-22)11-5-4-9-16-7-2-1-3-8-16/h1-3,6-8,10,12-14,26H,4-5,9,11,15H2. The Bertz CT molecular complexity index is 1030. The molecule has 0 aliphatic rings. The Balaban J connectivity index is 1.46. The summed E-state index contributed by atoms with van der Waals surface area (Å²) >= 11 is 0. The van der Waals surface area contributed by atoms with E-state index in [4.69, 9.17) is 4.52 Å². The zero-order valence-electron chi connectivity index (χ0n) is 15.0. The molecule has 0 radical (unpaired) electrons. The first-order valence-corrected chi connectivity index (χ1v) is 9.19. The maximum absolute atomic E-state index is 9.51. The Morgan fingerprint density at radius 2 is 1.74 bits per heavy atom. The number of unbranched alkanes of at least 4 members (excludes halogenated alkanes) is 1. The fourth-order valence-corrected chi connectivity index (χ4v) is 3.27. The molecule has 0 amide bonds. The van der Waals surface area contributed by atoms with Crippen LogP contribution in [0, 0.1) is 0 Å². The Kier molecular flexibility index (Phi) is 5.21. The van der Waals surface area contributed by atoms with Gasteiger partial charge >= 0.3 is 0 Å². The molecule has 27 heavy (non-hydrogen) atoms. The molecule has 0 saturated carbocycles. The maximum atomic E-state index is 9.51. The average Bonchev–Trinajstić information content (AvgIpc) is 3.20. The Morgan fingerprint density at radius 3 is 2.59 bits per heavy atom. The molecule has 5 heteroatoms. The number of benzene rings is 2. The summed E-state index contributed by atoms with van der Waals surface area (Å²) in [4.78, 5) is 8.95. The van der Waals surface area contributed by atoms with Gasteiger partial charge in [-0.25, -0.2) is 0 Å². The van der Waals surface area contributed by atoms with E-state index in [0.29, 0.717) is 11.7 Å². The van der Waals surface area contributed by atoms with E-state index in [-0.39, 0.29) is 6.61 Å². The first-order valence-electron chi connectivity index (χ1n) is 9.19. The summed E-state index contributed by atoms with van der Waals surface area (Å²) in [5.74, 6) is 1.22. The molecule has 4 aromatic rings. The Morgan fingerprint density at radius 1 is 0.889 bits per heavy atom. The van der Waals surface area contributed by atoms with Crippen molar-refractivity contribution in [1.82, 2.24) is 15.1 Å². The van der Waals surface area contributed by atoms with Gasteiger partial charge < -0.3 is 9.63 Å². The van der Waals surface area contributed by atoms with E-state index >= 15 is 0 Å². The van der Waals surface area contributed by atoms with Gasteiger partial charge in [-0.05, 0) is 37.0 Å². The minimum absolute atomic E-state index is 0.0489. The van der Waals surface area contributed by atoms with Gasteiger partial charge in [0.1, 0.15) is 0 Å². The molecule has 0 aliphatic heterocycles. The van der Waals surface area contributed by atoms with Crippen LogP contribution >= 0.6 is 0 Å². The van der Waals surface area contributed by atoms with Gasteiger partial charge in [-0.3, -0.25) is 4.98 Å². The number of aryl methyl sites for hydroxylation is 2. The van der Waals surface area contributed by atoms with Crippen LogP contribution in [0.4, 0.5) is 0 Å². The molecule has 0 saturated heterocycles. The second-order valence-corrected chi connectivity index (χ2v) is 6.53. The number of hydrogen-bond donors (Lipinski definition) is 1. The van der Waals surface area contributed by atoms with Crippen LogP contribution in [0.5, 0.6) is 0 Å². The lowest BCUT2D eigenvalue weighted by Gasteiger charge is -2.06. The fourth-order valence-electron chi connectivity index (χ4n) is 3.27. The van der Waals surface area contributed by atoms with E-state index in [2.05, 4.69) is 39.4 Å². The number of aliphatic hydroxyl groups is 1. The van der Waals surface area contributed by atoms with Crippen LogP contribution < -0.4 is 0 Å². The molecule has 2 aromatic heterocycles. The van der Waals surface area contributed by atoms with Crippen molar-refractivity contribution in [3.63, 3.8) is 0 Å². The van der Waals surface area contributed by atoms with Crippen LogP contribution in [-0.4, -0.2) is 20.2 Å². The average molecular weight is 359 g/mol. The number of fused-ring (bicyclic) bond motifs is 1. The van der Waals surface area contributed by atoms with Gasteiger partial charge in [0.15, 0.2) is 0 Å². The molecule has 0 bridgehead atoms. The number of aromatic nitrogens is 3. The second-order valence-electron chi connectivity index (χ2n) is 6.53. The number of hydrogen-bond acceptors (Lipinski definition) is 5. The molecule has 0 unspecified atom stereocenters.